The fourth-order valence-corrected chi connectivity index (χ4v) is 1.66. The molecular weight excluding hydrogens is 226 g/mol. The van der Waals surface area contributed by atoms with Crippen molar-refractivity contribution in [3.8, 4) is 6.19 Å². The summed E-state index contributed by atoms with van der Waals surface area (Å²) in [7, 11) is 0. The van der Waals surface area contributed by atoms with E-state index in [4.69, 9.17) is 16.9 Å². The maximum Gasteiger partial charge on any atom is 0.210 e. The lowest BCUT2D eigenvalue weighted by atomic mass is 10.3. The highest BCUT2D eigenvalue weighted by Crippen LogP contribution is 2.09. The average Bonchev–Trinajstić information content (AvgIpc) is 2.70. The van der Waals surface area contributed by atoms with E-state index in [1.807, 2.05) is 11.0 Å². The largest absolute Gasteiger partial charge is 0.354 e. The molecule has 2 rings (SSSR count). The number of guanidine groups is 1. The third-order valence-electron chi connectivity index (χ3n) is 2.28. The number of hydrogen-bond donors (Lipinski definition) is 1. The Labute approximate surface area is 98.4 Å². The number of pyridine rings is 1. The Hall–Kier alpha value is -1.80. The predicted molar refractivity (Wildman–Crippen MR) is 60.7 cm³/mol. The number of rotatable bonds is 2. The smallest absolute Gasteiger partial charge is 0.210 e. The van der Waals surface area contributed by atoms with Gasteiger partial charge in [0.15, 0.2) is 0 Å². The summed E-state index contributed by atoms with van der Waals surface area (Å²) in [4.78, 5) is 9.71. The van der Waals surface area contributed by atoms with E-state index < -0.39 is 0 Å². The monoisotopic (exact) mass is 235 g/mol. The molecule has 0 amide bonds. The van der Waals surface area contributed by atoms with Crippen molar-refractivity contribution in [1.82, 2.24) is 15.2 Å². The summed E-state index contributed by atoms with van der Waals surface area (Å²) in [5.41, 5.74) is 1.04. The van der Waals surface area contributed by atoms with Crippen molar-refractivity contribution in [3.63, 3.8) is 0 Å². The van der Waals surface area contributed by atoms with Gasteiger partial charge in [-0.3, -0.25) is 0 Å². The SMILES string of the molecule is N#C/N=C1\NCCN1Cc1ccc(Cl)nc1. The molecule has 0 bridgehead atoms. The van der Waals surface area contributed by atoms with Crippen molar-refractivity contribution in [2.75, 3.05) is 13.1 Å². The molecule has 1 aromatic rings. The minimum atomic E-state index is 0.481. The zero-order chi connectivity index (χ0) is 11.4. The fourth-order valence-electron chi connectivity index (χ4n) is 1.55. The molecule has 1 aliphatic rings. The molecule has 82 valence electrons. The van der Waals surface area contributed by atoms with Crippen LogP contribution < -0.4 is 5.32 Å². The first kappa shape index (κ1) is 10.7. The molecule has 5 nitrogen and oxygen atoms in total. The van der Waals surface area contributed by atoms with Crippen molar-refractivity contribution >= 4 is 17.6 Å². The van der Waals surface area contributed by atoms with Gasteiger partial charge < -0.3 is 10.2 Å². The van der Waals surface area contributed by atoms with Crippen LogP contribution in [0.2, 0.25) is 5.15 Å². The molecule has 1 fully saturated rings. The van der Waals surface area contributed by atoms with Gasteiger partial charge in [0.2, 0.25) is 12.2 Å². The Morgan fingerprint density at radius 1 is 1.62 bits per heavy atom. The van der Waals surface area contributed by atoms with Gasteiger partial charge in [0.1, 0.15) is 5.15 Å². The normalized spacial score (nSPS) is 17.2. The lowest BCUT2D eigenvalue weighted by molar-refractivity contribution is 0.456. The van der Waals surface area contributed by atoms with Crippen LogP contribution in [-0.2, 0) is 6.54 Å². The van der Waals surface area contributed by atoms with Crippen molar-refractivity contribution < 1.29 is 0 Å². The van der Waals surface area contributed by atoms with E-state index in [9.17, 15) is 0 Å². The third kappa shape index (κ3) is 2.41. The van der Waals surface area contributed by atoms with Gasteiger partial charge in [0, 0.05) is 25.8 Å². The van der Waals surface area contributed by atoms with Crippen LogP contribution in [0.25, 0.3) is 0 Å². The maximum absolute atomic E-state index is 8.51. The van der Waals surface area contributed by atoms with Gasteiger partial charge in [0.05, 0.1) is 0 Å². The number of nitrogens with zero attached hydrogens (tertiary/aromatic N) is 4. The van der Waals surface area contributed by atoms with Gasteiger partial charge in [0.25, 0.3) is 0 Å². The van der Waals surface area contributed by atoms with E-state index >= 15 is 0 Å². The Morgan fingerprint density at radius 2 is 2.50 bits per heavy atom. The predicted octanol–water partition coefficient (Wildman–Crippen LogP) is 0.977. The fraction of sp³-hybridized carbons (Fsp3) is 0.300. The molecule has 0 aliphatic carbocycles. The van der Waals surface area contributed by atoms with Crippen molar-refractivity contribution in [2.24, 2.45) is 4.99 Å². The Kier molecular flexibility index (Phi) is 3.22. The number of nitrogens with one attached hydrogen (secondary N) is 1. The minimum Gasteiger partial charge on any atom is -0.354 e. The highest BCUT2D eigenvalue weighted by molar-refractivity contribution is 6.29. The summed E-state index contributed by atoms with van der Waals surface area (Å²) < 4.78 is 0. The number of halogens is 1. The van der Waals surface area contributed by atoms with Crippen LogP contribution in [-0.4, -0.2) is 28.9 Å². The molecular formula is C10H10ClN5. The van der Waals surface area contributed by atoms with Crippen LogP contribution in [0.1, 0.15) is 5.56 Å². The Balaban J connectivity index is 2.07. The zero-order valence-electron chi connectivity index (χ0n) is 8.52. The summed E-state index contributed by atoms with van der Waals surface area (Å²) in [6.45, 7) is 2.32. The standard InChI is InChI=1S/C10H10ClN5/c11-9-2-1-8(5-14-9)6-16-4-3-13-10(16)15-7-12/h1-2,5H,3-4,6H2,(H,13,15). The lowest BCUT2D eigenvalue weighted by Crippen LogP contribution is -2.29. The minimum absolute atomic E-state index is 0.481. The maximum atomic E-state index is 8.51. The Bertz CT molecular complexity index is 434. The van der Waals surface area contributed by atoms with Gasteiger partial charge in [-0.05, 0) is 11.6 Å². The van der Waals surface area contributed by atoms with Crippen LogP contribution in [0.5, 0.6) is 0 Å². The van der Waals surface area contributed by atoms with Crippen LogP contribution in [0, 0.1) is 11.5 Å². The van der Waals surface area contributed by atoms with Gasteiger partial charge in [-0.1, -0.05) is 17.7 Å². The van der Waals surface area contributed by atoms with E-state index in [-0.39, 0.29) is 0 Å². The number of aliphatic imine (C=N–C) groups is 1. The highest BCUT2D eigenvalue weighted by Gasteiger charge is 2.17. The molecule has 1 aromatic heterocycles. The molecule has 0 atom stereocenters. The molecule has 0 unspecified atom stereocenters. The molecule has 1 aliphatic heterocycles. The van der Waals surface area contributed by atoms with Crippen molar-refractivity contribution in [2.45, 2.75) is 6.54 Å². The van der Waals surface area contributed by atoms with Gasteiger partial charge in [-0.15, -0.1) is 4.99 Å². The molecule has 0 spiro atoms. The molecule has 16 heavy (non-hydrogen) atoms. The van der Waals surface area contributed by atoms with Crippen LogP contribution in [0.15, 0.2) is 23.3 Å². The second-order valence-corrected chi connectivity index (χ2v) is 3.76. The van der Waals surface area contributed by atoms with E-state index in [0.29, 0.717) is 17.7 Å². The quantitative estimate of drug-likeness (QED) is 0.613. The van der Waals surface area contributed by atoms with Gasteiger partial charge >= 0.3 is 0 Å². The third-order valence-corrected chi connectivity index (χ3v) is 2.51. The summed E-state index contributed by atoms with van der Waals surface area (Å²) in [6.07, 6.45) is 3.51. The second kappa shape index (κ2) is 4.81. The first-order valence-electron chi connectivity index (χ1n) is 4.85. The molecule has 0 saturated carbocycles. The van der Waals surface area contributed by atoms with E-state index in [1.165, 1.54) is 0 Å². The average molecular weight is 236 g/mol. The molecule has 1 saturated heterocycles. The molecule has 0 radical (unpaired) electrons. The number of hydrogen-bond acceptors (Lipinski definition) is 3. The Morgan fingerprint density at radius 3 is 3.19 bits per heavy atom. The topological polar surface area (TPSA) is 64.3 Å². The summed E-state index contributed by atoms with van der Waals surface area (Å²) in [5, 5.41) is 12.0. The first-order valence-corrected chi connectivity index (χ1v) is 5.23. The summed E-state index contributed by atoms with van der Waals surface area (Å²) >= 11 is 5.70. The van der Waals surface area contributed by atoms with Crippen molar-refractivity contribution in [3.05, 3.63) is 29.0 Å². The first-order chi connectivity index (χ1) is 7.79. The van der Waals surface area contributed by atoms with Gasteiger partial charge in [-0.25, -0.2) is 4.98 Å². The number of nitriles is 1. The lowest BCUT2D eigenvalue weighted by Gasteiger charge is -2.16. The van der Waals surface area contributed by atoms with Crippen LogP contribution in [0.4, 0.5) is 0 Å². The number of aromatic nitrogens is 1. The molecule has 6 heteroatoms. The zero-order valence-corrected chi connectivity index (χ0v) is 9.28. The molecule has 2 heterocycles. The summed E-state index contributed by atoms with van der Waals surface area (Å²) in [5.74, 6) is 0.623. The second-order valence-electron chi connectivity index (χ2n) is 3.37. The van der Waals surface area contributed by atoms with Crippen LogP contribution >= 0.6 is 11.6 Å². The molecule has 1 N–H and O–H groups in total. The van der Waals surface area contributed by atoms with Crippen molar-refractivity contribution in [1.29, 1.82) is 5.26 Å². The van der Waals surface area contributed by atoms with Crippen LogP contribution in [0.3, 0.4) is 0 Å². The van der Waals surface area contributed by atoms with E-state index in [2.05, 4.69) is 15.3 Å². The molecule has 0 aromatic carbocycles. The van der Waals surface area contributed by atoms with E-state index in [1.54, 1.807) is 18.5 Å². The highest BCUT2D eigenvalue weighted by atomic mass is 35.5. The van der Waals surface area contributed by atoms with E-state index in [0.717, 1.165) is 18.7 Å². The summed E-state index contributed by atoms with van der Waals surface area (Å²) in [6, 6.07) is 3.67. The van der Waals surface area contributed by atoms with Gasteiger partial charge in [-0.2, -0.15) is 5.26 Å².